The van der Waals surface area contributed by atoms with E-state index >= 15 is 0 Å². The lowest BCUT2D eigenvalue weighted by Crippen LogP contribution is -2.26. The number of aryl methyl sites for hydroxylation is 2. The summed E-state index contributed by atoms with van der Waals surface area (Å²) in [5.41, 5.74) is 4.06. The highest BCUT2D eigenvalue weighted by molar-refractivity contribution is 5.80. The first-order valence-electron chi connectivity index (χ1n) is 9.93. The molecule has 0 bridgehead atoms. The van der Waals surface area contributed by atoms with Gasteiger partial charge in [0.1, 0.15) is 0 Å². The number of aromatic amines is 1. The summed E-state index contributed by atoms with van der Waals surface area (Å²) in [6.45, 7) is 5.67. The third-order valence-corrected chi connectivity index (χ3v) is 5.05. The Morgan fingerprint density at radius 1 is 0.867 bits per heavy atom. The van der Waals surface area contributed by atoms with Gasteiger partial charge in [0, 0.05) is 17.6 Å². The summed E-state index contributed by atoms with van der Waals surface area (Å²) in [7, 11) is 0. The van der Waals surface area contributed by atoms with Crippen molar-refractivity contribution in [1.82, 2.24) is 9.55 Å². The fraction of sp³-hybridized carbons (Fsp3) is 0.250. The minimum absolute atomic E-state index is 0.0211. The molecule has 2 aromatic heterocycles. The summed E-state index contributed by atoms with van der Waals surface area (Å²) in [6.07, 6.45) is -0.311. The van der Waals surface area contributed by atoms with Crippen LogP contribution < -0.4 is 11.1 Å². The first-order valence-corrected chi connectivity index (χ1v) is 9.93. The number of hydrogen-bond acceptors (Lipinski definition) is 4. The second-order valence-corrected chi connectivity index (χ2v) is 7.43. The molecular formula is C24H24N2O4. The van der Waals surface area contributed by atoms with Crippen molar-refractivity contribution in [2.45, 2.75) is 26.7 Å². The number of H-pyrrole nitrogens is 1. The van der Waals surface area contributed by atoms with E-state index in [9.17, 15) is 9.59 Å². The number of nitrogens with one attached hydrogen (secondary N) is 1. The smallest absolute Gasteiger partial charge is 0.251 e. The molecule has 0 aliphatic carbocycles. The number of fused-ring (bicyclic) bond motifs is 2. The Morgan fingerprint density at radius 3 is 2.27 bits per heavy atom. The second-order valence-electron chi connectivity index (χ2n) is 7.43. The van der Waals surface area contributed by atoms with E-state index in [2.05, 4.69) is 4.98 Å². The van der Waals surface area contributed by atoms with E-state index in [0.29, 0.717) is 19.8 Å². The molecule has 1 aliphatic heterocycles. The summed E-state index contributed by atoms with van der Waals surface area (Å²) in [5.74, 6) is 0. The van der Waals surface area contributed by atoms with E-state index in [-0.39, 0.29) is 17.4 Å². The maximum absolute atomic E-state index is 12.0. The van der Waals surface area contributed by atoms with Crippen LogP contribution in [0.4, 0.5) is 0 Å². The van der Waals surface area contributed by atoms with E-state index in [1.165, 1.54) is 6.07 Å². The summed E-state index contributed by atoms with van der Waals surface area (Å²) in [6, 6.07) is 18.9. The Balaban J connectivity index is 0.000000158. The molecule has 1 N–H and O–H groups in total. The van der Waals surface area contributed by atoms with Crippen LogP contribution in [0, 0.1) is 13.8 Å². The third kappa shape index (κ3) is 4.50. The number of nitrogens with zero attached hydrogens (tertiary/aromatic N) is 1. The predicted octanol–water partition coefficient (Wildman–Crippen LogP) is 3.52. The molecule has 4 aromatic rings. The average Bonchev–Trinajstić information content (AvgIpc) is 3.24. The van der Waals surface area contributed by atoms with Crippen LogP contribution in [0.25, 0.3) is 21.8 Å². The molecular weight excluding hydrogens is 380 g/mol. The van der Waals surface area contributed by atoms with E-state index in [1.807, 2.05) is 62.4 Å². The minimum atomic E-state index is -0.311. The highest BCUT2D eigenvalue weighted by Gasteiger charge is 2.17. The number of rotatable bonds is 2. The molecule has 6 heteroatoms. The maximum atomic E-state index is 12.0. The predicted molar refractivity (Wildman–Crippen MR) is 118 cm³/mol. The number of hydrogen-bond donors (Lipinski definition) is 1. The Bertz CT molecular complexity index is 1300. The molecule has 2 aromatic carbocycles. The third-order valence-electron chi connectivity index (χ3n) is 5.05. The van der Waals surface area contributed by atoms with Gasteiger partial charge in [0.2, 0.25) is 5.56 Å². The van der Waals surface area contributed by atoms with Crippen molar-refractivity contribution in [2.24, 2.45) is 0 Å². The second kappa shape index (κ2) is 8.65. The van der Waals surface area contributed by atoms with Gasteiger partial charge in [-0.3, -0.25) is 9.59 Å². The molecule has 1 fully saturated rings. The molecule has 3 heterocycles. The van der Waals surface area contributed by atoms with E-state index in [0.717, 1.165) is 32.9 Å². The maximum Gasteiger partial charge on any atom is 0.251 e. The molecule has 1 saturated heterocycles. The largest absolute Gasteiger partial charge is 0.348 e. The monoisotopic (exact) mass is 404 g/mol. The number of ether oxygens (including phenoxy) is 2. The van der Waals surface area contributed by atoms with Gasteiger partial charge in [-0.1, -0.05) is 24.3 Å². The SMILES string of the molecule is Cc1ccc2ccc(=O)[nH]c2c1.Cc1ccc2ccc(=O)n(CC3OCCO3)c2c1. The van der Waals surface area contributed by atoms with Gasteiger partial charge in [0.25, 0.3) is 5.56 Å². The van der Waals surface area contributed by atoms with Crippen molar-refractivity contribution >= 4 is 21.8 Å². The summed E-state index contributed by atoms with van der Waals surface area (Å²) >= 11 is 0. The molecule has 0 amide bonds. The van der Waals surface area contributed by atoms with E-state index in [1.54, 1.807) is 10.6 Å². The summed E-state index contributed by atoms with van der Waals surface area (Å²) in [4.78, 5) is 25.7. The highest BCUT2D eigenvalue weighted by Crippen LogP contribution is 2.16. The Morgan fingerprint density at radius 2 is 1.50 bits per heavy atom. The molecule has 0 atom stereocenters. The van der Waals surface area contributed by atoms with Crippen molar-refractivity contribution in [1.29, 1.82) is 0 Å². The molecule has 5 rings (SSSR count). The van der Waals surface area contributed by atoms with Crippen LogP contribution in [0.2, 0.25) is 0 Å². The topological polar surface area (TPSA) is 73.3 Å². The molecule has 154 valence electrons. The fourth-order valence-corrected chi connectivity index (χ4v) is 3.51. The number of pyridine rings is 2. The molecule has 0 unspecified atom stereocenters. The van der Waals surface area contributed by atoms with E-state index in [4.69, 9.17) is 9.47 Å². The molecule has 6 nitrogen and oxygen atoms in total. The van der Waals surface area contributed by atoms with Crippen molar-refractivity contribution in [3.05, 3.63) is 92.5 Å². The van der Waals surface area contributed by atoms with Crippen LogP contribution in [0.15, 0.2) is 70.3 Å². The Labute approximate surface area is 173 Å². The Kier molecular flexibility index (Phi) is 5.79. The standard InChI is InChI=1S/C14H15NO3.C10H9NO/c1-10-2-3-11-4-5-13(16)15(12(11)8-10)9-14-17-6-7-18-14;1-7-2-3-8-4-5-10(12)11-9(8)6-7/h2-5,8,14H,6-7,9H2,1H3;2-6H,1H3,(H,11,12). The zero-order valence-electron chi connectivity index (χ0n) is 17.1. The van der Waals surface area contributed by atoms with Gasteiger partial charge in [-0.05, 0) is 60.0 Å². The van der Waals surface area contributed by atoms with Gasteiger partial charge < -0.3 is 19.0 Å². The van der Waals surface area contributed by atoms with Crippen LogP contribution in [-0.2, 0) is 16.0 Å². The quantitative estimate of drug-likeness (QED) is 0.555. The zero-order valence-corrected chi connectivity index (χ0v) is 17.1. The van der Waals surface area contributed by atoms with Crippen molar-refractivity contribution in [3.8, 4) is 0 Å². The van der Waals surface area contributed by atoms with Gasteiger partial charge >= 0.3 is 0 Å². The highest BCUT2D eigenvalue weighted by atomic mass is 16.7. The first kappa shape index (κ1) is 20.1. The minimum Gasteiger partial charge on any atom is -0.348 e. The number of aromatic nitrogens is 2. The Hall–Kier alpha value is -3.22. The van der Waals surface area contributed by atoms with Crippen LogP contribution in [0.3, 0.4) is 0 Å². The van der Waals surface area contributed by atoms with Gasteiger partial charge in [-0.2, -0.15) is 0 Å². The lowest BCUT2D eigenvalue weighted by Gasteiger charge is -2.14. The van der Waals surface area contributed by atoms with Crippen molar-refractivity contribution < 1.29 is 9.47 Å². The first-order chi connectivity index (χ1) is 14.5. The summed E-state index contributed by atoms with van der Waals surface area (Å²) < 4.78 is 12.5. The van der Waals surface area contributed by atoms with E-state index < -0.39 is 0 Å². The normalized spacial score (nSPS) is 14.1. The molecule has 0 spiro atoms. The van der Waals surface area contributed by atoms with Gasteiger partial charge in [0.05, 0.1) is 25.3 Å². The summed E-state index contributed by atoms with van der Waals surface area (Å²) in [5, 5.41) is 2.12. The van der Waals surface area contributed by atoms with Gasteiger partial charge in [-0.15, -0.1) is 0 Å². The van der Waals surface area contributed by atoms with Gasteiger partial charge in [0.15, 0.2) is 6.29 Å². The molecule has 1 aliphatic rings. The van der Waals surface area contributed by atoms with Crippen LogP contribution >= 0.6 is 0 Å². The van der Waals surface area contributed by atoms with Crippen LogP contribution in [0.1, 0.15) is 11.1 Å². The van der Waals surface area contributed by atoms with Crippen LogP contribution in [0.5, 0.6) is 0 Å². The number of benzene rings is 2. The molecule has 0 saturated carbocycles. The lowest BCUT2D eigenvalue weighted by atomic mass is 10.1. The molecule has 30 heavy (non-hydrogen) atoms. The fourth-order valence-electron chi connectivity index (χ4n) is 3.51. The molecule has 0 radical (unpaired) electrons. The van der Waals surface area contributed by atoms with Crippen LogP contribution in [-0.4, -0.2) is 29.1 Å². The zero-order chi connectivity index (χ0) is 21.1. The van der Waals surface area contributed by atoms with Gasteiger partial charge in [-0.25, -0.2) is 0 Å². The average molecular weight is 404 g/mol. The van der Waals surface area contributed by atoms with Crippen molar-refractivity contribution in [2.75, 3.05) is 13.2 Å². The van der Waals surface area contributed by atoms with Crippen molar-refractivity contribution in [3.63, 3.8) is 0 Å². The lowest BCUT2D eigenvalue weighted by molar-refractivity contribution is -0.0522.